The largest absolute Gasteiger partial charge is 0.391 e. The van der Waals surface area contributed by atoms with E-state index in [1.807, 2.05) is 16.8 Å². The molecule has 0 aliphatic heterocycles. The predicted octanol–water partition coefficient (Wildman–Crippen LogP) is 2.27. The van der Waals surface area contributed by atoms with Crippen LogP contribution in [-0.2, 0) is 19.5 Å². The van der Waals surface area contributed by atoms with Crippen LogP contribution >= 0.6 is 0 Å². The molecule has 0 bridgehead atoms. The average Bonchev–Trinajstić information content (AvgIpc) is 2.94. The van der Waals surface area contributed by atoms with Crippen molar-refractivity contribution in [2.24, 2.45) is 0 Å². The summed E-state index contributed by atoms with van der Waals surface area (Å²) in [4.78, 5) is 0. The van der Waals surface area contributed by atoms with E-state index in [9.17, 15) is 5.11 Å². The smallest absolute Gasteiger partial charge is 0.0775 e. The lowest BCUT2D eigenvalue weighted by molar-refractivity contribution is 0.140. The minimum Gasteiger partial charge on any atom is -0.391 e. The molecule has 0 unspecified atom stereocenters. The van der Waals surface area contributed by atoms with Gasteiger partial charge in [-0.05, 0) is 31.9 Å². The zero-order chi connectivity index (χ0) is 15.0. The van der Waals surface area contributed by atoms with Gasteiger partial charge < -0.3 is 10.4 Å². The van der Waals surface area contributed by atoms with Gasteiger partial charge >= 0.3 is 0 Å². The number of benzene rings is 1. The van der Waals surface area contributed by atoms with Crippen molar-refractivity contribution in [3.05, 3.63) is 52.3 Å². The summed E-state index contributed by atoms with van der Waals surface area (Å²) < 4.78 is 2.03. The molecule has 0 saturated carbocycles. The normalized spacial score (nSPS) is 20.8. The van der Waals surface area contributed by atoms with E-state index >= 15 is 0 Å². The van der Waals surface area contributed by atoms with E-state index < -0.39 is 0 Å². The van der Waals surface area contributed by atoms with Gasteiger partial charge in [0.15, 0.2) is 0 Å². The maximum atomic E-state index is 10.3. The summed E-state index contributed by atoms with van der Waals surface area (Å²) in [5.74, 6) is 0. The van der Waals surface area contributed by atoms with E-state index in [1.165, 1.54) is 22.4 Å². The van der Waals surface area contributed by atoms with E-state index in [1.54, 1.807) is 0 Å². The van der Waals surface area contributed by atoms with Crippen LogP contribution in [0.1, 0.15) is 41.0 Å². The number of fused-ring (bicyclic) bond motifs is 1. The van der Waals surface area contributed by atoms with Crippen molar-refractivity contribution in [3.63, 3.8) is 0 Å². The maximum Gasteiger partial charge on any atom is 0.0775 e. The van der Waals surface area contributed by atoms with Gasteiger partial charge in [0.05, 0.1) is 17.8 Å². The van der Waals surface area contributed by atoms with Crippen LogP contribution in [0.15, 0.2) is 24.3 Å². The molecule has 0 amide bonds. The van der Waals surface area contributed by atoms with Crippen molar-refractivity contribution < 1.29 is 5.11 Å². The molecule has 1 aromatic heterocycles. The van der Waals surface area contributed by atoms with Crippen LogP contribution in [0.3, 0.4) is 0 Å². The summed E-state index contributed by atoms with van der Waals surface area (Å²) >= 11 is 0. The fourth-order valence-electron chi connectivity index (χ4n) is 3.33. The van der Waals surface area contributed by atoms with E-state index in [4.69, 9.17) is 0 Å². The van der Waals surface area contributed by atoms with Gasteiger partial charge in [0, 0.05) is 30.8 Å². The molecule has 1 aromatic carbocycles. The molecular formula is C17H23N3O. The quantitative estimate of drug-likeness (QED) is 0.906. The molecular weight excluding hydrogens is 262 g/mol. The monoisotopic (exact) mass is 285 g/mol. The zero-order valence-electron chi connectivity index (χ0n) is 12.9. The Morgan fingerprint density at radius 2 is 2.10 bits per heavy atom. The third kappa shape index (κ3) is 2.49. The van der Waals surface area contributed by atoms with Crippen molar-refractivity contribution in [2.75, 3.05) is 0 Å². The molecule has 4 heteroatoms. The Morgan fingerprint density at radius 1 is 1.33 bits per heavy atom. The number of hydrogen-bond donors (Lipinski definition) is 2. The van der Waals surface area contributed by atoms with Gasteiger partial charge in [-0.25, -0.2) is 0 Å². The number of aromatic nitrogens is 2. The van der Waals surface area contributed by atoms with Crippen molar-refractivity contribution in [2.45, 2.75) is 52.4 Å². The molecule has 1 heterocycles. The van der Waals surface area contributed by atoms with E-state index in [0.29, 0.717) is 0 Å². The molecule has 112 valence electrons. The number of nitrogens with zero attached hydrogens (tertiary/aromatic N) is 2. The van der Waals surface area contributed by atoms with E-state index in [2.05, 4.69) is 43.3 Å². The molecule has 1 aliphatic carbocycles. The van der Waals surface area contributed by atoms with Crippen molar-refractivity contribution in [3.8, 4) is 0 Å². The molecule has 3 rings (SSSR count). The summed E-state index contributed by atoms with van der Waals surface area (Å²) in [7, 11) is 0. The molecule has 2 N–H and O–H groups in total. The van der Waals surface area contributed by atoms with Crippen molar-refractivity contribution in [1.82, 2.24) is 15.1 Å². The first-order valence-electron chi connectivity index (χ1n) is 7.64. The summed E-state index contributed by atoms with van der Waals surface area (Å²) in [6.45, 7) is 7.90. The van der Waals surface area contributed by atoms with Crippen LogP contribution in [-0.4, -0.2) is 21.0 Å². The standard InChI is InChI=1S/C17H23N3O/c1-4-20-12(3)15(11(2)19-20)10-18-17-14-8-6-5-7-13(14)9-16(17)21/h5-8,16-18,21H,4,9-10H2,1-3H3/t16-,17+/m0/s1. The van der Waals surface area contributed by atoms with Gasteiger partial charge in [-0.2, -0.15) is 5.10 Å². The van der Waals surface area contributed by atoms with Crippen LogP contribution in [0.2, 0.25) is 0 Å². The number of nitrogens with one attached hydrogen (secondary N) is 1. The van der Waals surface area contributed by atoms with Crippen LogP contribution in [0.25, 0.3) is 0 Å². The van der Waals surface area contributed by atoms with E-state index in [0.717, 1.165) is 25.2 Å². The molecule has 21 heavy (non-hydrogen) atoms. The molecule has 2 atom stereocenters. The molecule has 4 nitrogen and oxygen atoms in total. The highest BCUT2D eigenvalue weighted by Gasteiger charge is 2.30. The summed E-state index contributed by atoms with van der Waals surface area (Å²) in [5.41, 5.74) is 6.00. The highest BCUT2D eigenvalue weighted by Crippen LogP contribution is 2.31. The second-order valence-electron chi connectivity index (χ2n) is 5.79. The van der Waals surface area contributed by atoms with E-state index in [-0.39, 0.29) is 12.1 Å². The number of hydrogen-bond acceptors (Lipinski definition) is 3. The molecule has 0 radical (unpaired) electrons. The van der Waals surface area contributed by atoms with Gasteiger partial charge in [-0.3, -0.25) is 4.68 Å². The first-order valence-corrected chi connectivity index (χ1v) is 7.64. The Kier molecular flexibility index (Phi) is 3.83. The first-order chi connectivity index (χ1) is 10.1. The minimum atomic E-state index is -0.343. The zero-order valence-corrected chi connectivity index (χ0v) is 12.9. The summed E-state index contributed by atoms with van der Waals surface area (Å²) in [6, 6.07) is 8.31. The number of rotatable bonds is 4. The minimum absolute atomic E-state index is 0.0185. The lowest BCUT2D eigenvalue weighted by atomic mass is 10.1. The Bertz CT molecular complexity index is 647. The van der Waals surface area contributed by atoms with Crippen molar-refractivity contribution >= 4 is 0 Å². The Hall–Kier alpha value is -1.65. The Morgan fingerprint density at radius 3 is 2.81 bits per heavy atom. The van der Waals surface area contributed by atoms with Crippen LogP contribution in [0, 0.1) is 13.8 Å². The first kappa shape index (κ1) is 14.3. The third-order valence-electron chi connectivity index (χ3n) is 4.53. The molecule has 0 spiro atoms. The molecule has 0 fully saturated rings. The van der Waals surface area contributed by atoms with Crippen LogP contribution in [0.4, 0.5) is 0 Å². The maximum absolute atomic E-state index is 10.3. The highest BCUT2D eigenvalue weighted by atomic mass is 16.3. The fraction of sp³-hybridized carbons (Fsp3) is 0.471. The van der Waals surface area contributed by atoms with Gasteiger partial charge in [-0.15, -0.1) is 0 Å². The second-order valence-corrected chi connectivity index (χ2v) is 5.79. The topological polar surface area (TPSA) is 50.1 Å². The summed E-state index contributed by atoms with van der Waals surface area (Å²) in [5, 5.41) is 18.4. The predicted molar refractivity (Wildman–Crippen MR) is 83.1 cm³/mol. The summed E-state index contributed by atoms with van der Waals surface area (Å²) in [6.07, 6.45) is 0.393. The van der Waals surface area contributed by atoms with Gasteiger partial charge in [0.2, 0.25) is 0 Å². The van der Waals surface area contributed by atoms with Crippen LogP contribution in [0.5, 0.6) is 0 Å². The number of aliphatic hydroxyl groups excluding tert-OH is 1. The fourth-order valence-corrected chi connectivity index (χ4v) is 3.33. The van der Waals surface area contributed by atoms with Crippen molar-refractivity contribution in [1.29, 1.82) is 0 Å². The van der Waals surface area contributed by atoms with Gasteiger partial charge in [-0.1, -0.05) is 24.3 Å². The number of aliphatic hydroxyl groups is 1. The third-order valence-corrected chi connectivity index (χ3v) is 4.53. The second kappa shape index (κ2) is 5.62. The Balaban J connectivity index is 1.78. The lowest BCUT2D eigenvalue weighted by Gasteiger charge is -2.18. The lowest BCUT2D eigenvalue weighted by Crippen LogP contribution is -2.28. The molecule has 0 saturated heterocycles. The number of aryl methyl sites for hydroxylation is 2. The van der Waals surface area contributed by atoms with Gasteiger partial charge in [0.25, 0.3) is 0 Å². The highest BCUT2D eigenvalue weighted by molar-refractivity contribution is 5.36. The molecule has 1 aliphatic rings. The van der Waals surface area contributed by atoms with Crippen LogP contribution < -0.4 is 5.32 Å². The SMILES string of the molecule is CCn1nc(C)c(CN[C@@H]2c3ccccc3C[C@@H]2O)c1C. The average molecular weight is 285 g/mol. The molecule has 2 aromatic rings. The Labute approximate surface area is 125 Å². The van der Waals surface area contributed by atoms with Gasteiger partial charge in [0.1, 0.15) is 0 Å².